The number of aryl methyl sites for hydroxylation is 2. The maximum Gasteiger partial charge on any atom is 0.122 e. The first kappa shape index (κ1) is 15.2. The van der Waals surface area contributed by atoms with Gasteiger partial charge in [-0.2, -0.15) is 0 Å². The Morgan fingerprint density at radius 2 is 2.15 bits per heavy atom. The van der Waals surface area contributed by atoms with E-state index < -0.39 is 0 Å². The first-order valence-corrected chi connectivity index (χ1v) is 7.82. The van der Waals surface area contributed by atoms with Gasteiger partial charge in [0, 0.05) is 18.0 Å². The molecule has 0 aliphatic rings. The number of hydrogen-bond acceptors (Lipinski definition) is 5. The molecule has 0 fully saturated rings. The van der Waals surface area contributed by atoms with E-state index in [0.717, 1.165) is 35.2 Å². The summed E-state index contributed by atoms with van der Waals surface area (Å²) in [4.78, 5) is 6.75. The molecule has 20 heavy (non-hydrogen) atoms. The second kappa shape index (κ2) is 6.52. The van der Waals surface area contributed by atoms with Gasteiger partial charge in [0.05, 0.1) is 16.7 Å². The summed E-state index contributed by atoms with van der Waals surface area (Å²) in [6.45, 7) is 6.87. The van der Waals surface area contributed by atoms with Gasteiger partial charge in [-0.3, -0.25) is 4.90 Å². The van der Waals surface area contributed by atoms with Gasteiger partial charge in [0.1, 0.15) is 11.5 Å². The van der Waals surface area contributed by atoms with Crippen molar-refractivity contribution >= 4 is 11.3 Å². The highest BCUT2D eigenvalue weighted by molar-refractivity contribution is 7.09. The summed E-state index contributed by atoms with van der Waals surface area (Å²) in [5.41, 5.74) is 7.39. The van der Waals surface area contributed by atoms with Gasteiger partial charge in [-0.15, -0.1) is 11.3 Å². The number of nitrogens with two attached hydrogens (primary N) is 1. The Morgan fingerprint density at radius 1 is 1.40 bits per heavy atom. The molecule has 0 spiro atoms. The van der Waals surface area contributed by atoms with Gasteiger partial charge < -0.3 is 10.2 Å². The fraction of sp³-hybridized carbons (Fsp3) is 0.533. The molecule has 2 heterocycles. The molecule has 0 saturated carbocycles. The lowest BCUT2D eigenvalue weighted by Crippen LogP contribution is -2.38. The van der Waals surface area contributed by atoms with Gasteiger partial charge in [0.15, 0.2) is 0 Å². The van der Waals surface area contributed by atoms with Crippen LogP contribution in [-0.2, 0) is 6.54 Å². The van der Waals surface area contributed by atoms with Crippen LogP contribution in [0.25, 0.3) is 0 Å². The van der Waals surface area contributed by atoms with E-state index in [4.69, 9.17) is 10.2 Å². The lowest BCUT2D eigenvalue weighted by Gasteiger charge is -2.30. The Labute approximate surface area is 124 Å². The molecule has 0 aromatic carbocycles. The largest absolute Gasteiger partial charge is 0.465 e. The molecular weight excluding hydrogens is 270 g/mol. The van der Waals surface area contributed by atoms with Crippen LogP contribution in [0.15, 0.2) is 21.9 Å². The number of aromatic nitrogens is 1. The summed E-state index contributed by atoms with van der Waals surface area (Å²) in [6.07, 6.45) is 0.908. The van der Waals surface area contributed by atoms with Crippen LogP contribution < -0.4 is 5.73 Å². The molecule has 0 aliphatic carbocycles. The lowest BCUT2D eigenvalue weighted by atomic mass is 10.0. The fourth-order valence-corrected chi connectivity index (χ4v) is 3.03. The van der Waals surface area contributed by atoms with Crippen LogP contribution in [-0.4, -0.2) is 23.0 Å². The van der Waals surface area contributed by atoms with Crippen molar-refractivity contribution in [3.63, 3.8) is 0 Å². The molecule has 2 aromatic rings. The van der Waals surface area contributed by atoms with E-state index in [2.05, 4.69) is 29.2 Å². The number of likely N-dealkylation sites (N-methyl/N-ethyl adjacent to an activating group) is 1. The summed E-state index contributed by atoms with van der Waals surface area (Å²) in [6, 6.07) is 4.14. The first-order chi connectivity index (χ1) is 9.51. The topological polar surface area (TPSA) is 55.3 Å². The van der Waals surface area contributed by atoms with E-state index in [9.17, 15) is 0 Å². The molecule has 2 atom stereocenters. The third-order valence-electron chi connectivity index (χ3n) is 3.48. The molecule has 110 valence electrons. The fourth-order valence-electron chi connectivity index (χ4n) is 2.43. The zero-order valence-electron chi connectivity index (χ0n) is 12.6. The first-order valence-electron chi connectivity index (χ1n) is 6.94. The molecule has 2 aromatic heterocycles. The van der Waals surface area contributed by atoms with Crippen molar-refractivity contribution in [3.05, 3.63) is 39.7 Å². The number of nitrogens with zero attached hydrogens (tertiary/aromatic N) is 2. The molecule has 0 radical (unpaired) electrons. The zero-order chi connectivity index (χ0) is 14.7. The Hall–Kier alpha value is -1.17. The third kappa shape index (κ3) is 3.48. The van der Waals surface area contributed by atoms with E-state index in [0.29, 0.717) is 0 Å². The molecule has 2 N–H and O–H groups in total. The monoisotopic (exact) mass is 293 g/mol. The molecule has 2 rings (SSSR count). The maximum absolute atomic E-state index is 6.30. The smallest absolute Gasteiger partial charge is 0.122 e. The van der Waals surface area contributed by atoms with Gasteiger partial charge in [0.2, 0.25) is 0 Å². The standard InChI is InChI=1S/C15H23N3OS/c1-5-13(16)15(14-7-6-10(2)19-14)18(4)8-12-9-20-11(3)17-12/h6-7,9,13,15H,5,8,16H2,1-4H3. The molecule has 0 aliphatic heterocycles. The summed E-state index contributed by atoms with van der Waals surface area (Å²) in [5, 5.41) is 3.20. The average Bonchev–Trinajstić information content (AvgIpc) is 2.99. The van der Waals surface area contributed by atoms with Crippen molar-refractivity contribution in [2.75, 3.05) is 7.05 Å². The molecule has 5 heteroatoms. The minimum absolute atomic E-state index is 0.0466. The number of hydrogen-bond donors (Lipinski definition) is 1. The molecule has 0 saturated heterocycles. The second-order valence-electron chi connectivity index (χ2n) is 5.24. The van der Waals surface area contributed by atoms with Crippen LogP contribution in [0.2, 0.25) is 0 Å². The van der Waals surface area contributed by atoms with Crippen LogP contribution in [0.5, 0.6) is 0 Å². The Balaban J connectivity index is 2.17. The van der Waals surface area contributed by atoms with Crippen molar-refractivity contribution in [2.45, 2.75) is 45.8 Å². The molecule has 0 amide bonds. The minimum atomic E-state index is 0.0466. The molecule has 0 bridgehead atoms. The quantitative estimate of drug-likeness (QED) is 0.888. The number of rotatable bonds is 6. The highest BCUT2D eigenvalue weighted by atomic mass is 32.1. The Morgan fingerprint density at radius 3 is 2.65 bits per heavy atom. The van der Waals surface area contributed by atoms with Crippen molar-refractivity contribution < 1.29 is 4.42 Å². The van der Waals surface area contributed by atoms with Crippen molar-refractivity contribution in [2.24, 2.45) is 5.73 Å². The summed E-state index contributed by atoms with van der Waals surface area (Å²) in [5.74, 6) is 1.86. The van der Waals surface area contributed by atoms with Crippen molar-refractivity contribution in [1.82, 2.24) is 9.88 Å². The van der Waals surface area contributed by atoms with E-state index in [1.165, 1.54) is 0 Å². The van der Waals surface area contributed by atoms with Crippen LogP contribution in [0.3, 0.4) is 0 Å². The van der Waals surface area contributed by atoms with Gasteiger partial charge in [0.25, 0.3) is 0 Å². The number of thiazole rings is 1. The normalized spacial score (nSPS) is 14.7. The zero-order valence-corrected chi connectivity index (χ0v) is 13.4. The van der Waals surface area contributed by atoms with Crippen LogP contribution in [0, 0.1) is 13.8 Å². The van der Waals surface area contributed by atoms with Crippen molar-refractivity contribution in [3.8, 4) is 0 Å². The van der Waals surface area contributed by atoms with E-state index in [-0.39, 0.29) is 12.1 Å². The van der Waals surface area contributed by atoms with Gasteiger partial charge >= 0.3 is 0 Å². The van der Waals surface area contributed by atoms with E-state index in [1.807, 2.05) is 26.0 Å². The maximum atomic E-state index is 6.30. The van der Waals surface area contributed by atoms with Gasteiger partial charge in [-0.25, -0.2) is 4.98 Å². The molecular formula is C15H23N3OS. The lowest BCUT2D eigenvalue weighted by molar-refractivity contribution is 0.173. The average molecular weight is 293 g/mol. The summed E-state index contributed by atoms with van der Waals surface area (Å²) in [7, 11) is 2.08. The minimum Gasteiger partial charge on any atom is -0.465 e. The second-order valence-corrected chi connectivity index (χ2v) is 6.30. The van der Waals surface area contributed by atoms with Gasteiger partial charge in [-0.1, -0.05) is 6.92 Å². The Kier molecular flexibility index (Phi) is 4.96. The SMILES string of the molecule is CCC(N)C(c1ccc(C)o1)N(C)Cc1csc(C)n1. The Bertz CT molecular complexity index is 549. The van der Waals surface area contributed by atoms with E-state index in [1.54, 1.807) is 11.3 Å². The highest BCUT2D eigenvalue weighted by Crippen LogP contribution is 2.27. The van der Waals surface area contributed by atoms with E-state index >= 15 is 0 Å². The highest BCUT2D eigenvalue weighted by Gasteiger charge is 2.26. The van der Waals surface area contributed by atoms with Crippen LogP contribution in [0.4, 0.5) is 0 Å². The summed E-state index contributed by atoms with van der Waals surface area (Å²) < 4.78 is 5.79. The van der Waals surface area contributed by atoms with Gasteiger partial charge in [-0.05, 0) is 39.4 Å². The number of furan rings is 1. The predicted octanol–water partition coefficient (Wildman–Crippen LogP) is 3.26. The third-order valence-corrected chi connectivity index (χ3v) is 4.30. The summed E-state index contributed by atoms with van der Waals surface area (Å²) >= 11 is 1.68. The molecule has 2 unspecified atom stereocenters. The van der Waals surface area contributed by atoms with Crippen LogP contribution >= 0.6 is 11.3 Å². The molecule has 4 nitrogen and oxygen atoms in total. The van der Waals surface area contributed by atoms with Crippen LogP contribution in [0.1, 0.15) is 41.6 Å². The van der Waals surface area contributed by atoms with Crippen molar-refractivity contribution in [1.29, 1.82) is 0 Å². The predicted molar refractivity (Wildman–Crippen MR) is 82.8 cm³/mol.